The van der Waals surface area contributed by atoms with E-state index < -0.39 is 53.1 Å². The molecule has 2 aliphatic rings. The molecule has 2 aromatic carbocycles. The number of likely N-dealkylation sites (tertiary alicyclic amines) is 1. The number of thiazole rings is 1. The molecule has 0 saturated carbocycles. The zero-order valence-electron chi connectivity index (χ0n) is 18.8. The van der Waals surface area contributed by atoms with Crippen LogP contribution in [0.5, 0.6) is 5.75 Å². The number of nitrogens with one attached hydrogen (secondary N) is 2. The molecule has 1 aromatic heterocycles. The molecule has 3 amide bonds. The lowest BCUT2D eigenvalue weighted by Gasteiger charge is -2.30. The smallest absolute Gasteiger partial charge is 0.323 e. The predicted octanol–water partition coefficient (Wildman–Crippen LogP) is 2.27. The Morgan fingerprint density at radius 1 is 1.11 bits per heavy atom. The van der Waals surface area contributed by atoms with Crippen molar-refractivity contribution in [3.05, 3.63) is 74.5 Å². The van der Waals surface area contributed by atoms with E-state index in [-0.39, 0.29) is 11.5 Å². The minimum absolute atomic E-state index is 0.310. The van der Waals surface area contributed by atoms with Crippen LogP contribution in [0.25, 0.3) is 0 Å². The number of H-pyrrole nitrogens is 1. The molecule has 2 unspecified atom stereocenters. The lowest BCUT2D eigenvalue weighted by atomic mass is 9.83. The molecule has 13 heteroatoms. The van der Waals surface area contributed by atoms with Crippen LogP contribution in [0.4, 0.5) is 10.1 Å². The molecule has 1 fully saturated rings. The van der Waals surface area contributed by atoms with Crippen molar-refractivity contribution in [1.82, 2.24) is 9.88 Å². The van der Waals surface area contributed by atoms with Gasteiger partial charge in [-0.15, -0.1) is 0 Å². The van der Waals surface area contributed by atoms with Crippen molar-refractivity contribution in [2.45, 2.75) is 16.2 Å². The molecule has 10 nitrogen and oxygen atoms in total. The Balaban J connectivity index is 1.40. The monoisotopic (exact) mass is 543 g/mol. The highest BCUT2D eigenvalue weighted by Gasteiger charge is 2.56. The Morgan fingerprint density at radius 3 is 2.59 bits per heavy atom. The van der Waals surface area contributed by atoms with Gasteiger partial charge >= 0.3 is 10.8 Å². The number of thioether (sulfide) groups is 1. The molecule has 5 rings (SSSR count). The quantitative estimate of drug-likeness (QED) is 0.385. The summed E-state index contributed by atoms with van der Waals surface area (Å²) in [5.41, 5.74) is 0.973. The highest BCUT2D eigenvalue weighted by atomic mass is 32.2. The van der Waals surface area contributed by atoms with Crippen LogP contribution in [0.3, 0.4) is 0 Å². The number of rotatable bonds is 7. The largest absolute Gasteiger partial charge is 0.484 e. The highest BCUT2D eigenvalue weighted by molar-refractivity contribution is 8.00. The molecule has 0 radical (unpaired) electrons. The maximum absolute atomic E-state index is 13.2. The van der Waals surface area contributed by atoms with Gasteiger partial charge in [-0.25, -0.2) is 4.39 Å². The number of carboxylic acid groups (broad SMARTS) is 1. The molecule has 3 atom stereocenters. The third-order valence-corrected chi connectivity index (χ3v) is 8.32. The van der Waals surface area contributed by atoms with Gasteiger partial charge in [-0.2, -0.15) is 0 Å². The molecule has 37 heavy (non-hydrogen) atoms. The SMILES string of the molecule is O=C(O)CN1C(=O)C2Sc3[nH]c(=O)sc3[C@H](c3cccc(OCC(=O)Nc4ccc(F)cc4)c3)C2C1=O. The summed E-state index contributed by atoms with van der Waals surface area (Å²) >= 11 is 1.98. The van der Waals surface area contributed by atoms with E-state index in [1.165, 1.54) is 24.3 Å². The van der Waals surface area contributed by atoms with Gasteiger partial charge in [0.15, 0.2) is 6.61 Å². The van der Waals surface area contributed by atoms with Gasteiger partial charge in [-0.3, -0.25) is 28.9 Å². The van der Waals surface area contributed by atoms with Crippen molar-refractivity contribution < 1.29 is 33.4 Å². The number of hydrogen-bond donors (Lipinski definition) is 3. The van der Waals surface area contributed by atoms with E-state index in [1.807, 2.05) is 0 Å². The number of aliphatic carboxylic acids is 1. The van der Waals surface area contributed by atoms with Gasteiger partial charge in [-0.05, 0) is 42.0 Å². The molecular weight excluding hydrogens is 525 g/mol. The van der Waals surface area contributed by atoms with Gasteiger partial charge in [0.05, 0.1) is 10.9 Å². The first-order valence-electron chi connectivity index (χ1n) is 11.0. The number of hydrogen-bond acceptors (Lipinski definition) is 8. The average molecular weight is 544 g/mol. The molecule has 190 valence electrons. The summed E-state index contributed by atoms with van der Waals surface area (Å²) in [6.07, 6.45) is 0. The lowest BCUT2D eigenvalue weighted by Crippen LogP contribution is -2.36. The summed E-state index contributed by atoms with van der Waals surface area (Å²) in [6, 6.07) is 11.9. The van der Waals surface area contributed by atoms with Crippen LogP contribution < -0.4 is 14.9 Å². The average Bonchev–Trinajstić information content (AvgIpc) is 3.34. The number of anilines is 1. The number of carbonyl (C=O) groups is 4. The maximum atomic E-state index is 13.2. The first kappa shape index (κ1) is 24.7. The predicted molar refractivity (Wildman–Crippen MR) is 131 cm³/mol. The van der Waals surface area contributed by atoms with Crippen molar-refractivity contribution in [3.63, 3.8) is 0 Å². The van der Waals surface area contributed by atoms with Gasteiger partial charge in [0.2, 0.25) is 11.8 Å². The van der Waals surface area contributed by atoms with Crippen molar-refractivity contribution in [1.29, 1.82) is 0 Å². The molecule has 3 N–H and O–H groups in total. The summed E-state index contributed by atoms with van der Waals surface area (Å²) in [5.74, 6) is -4.74. The van der Waals surface area contributed by atoms with Crippen LogP contribution in [0.2, 0.25) is 0 Å². The van der Waals surface area contributed by atoms with Gasteiger partial charge in [0.1, 0.15) is 23.4 Å². The van der Waals surface area contributed by atoms with Gasteiger partial charge in [0, 0.05) is 16.5 Å². The fourth-order valence-electron chi connectivity index (χ4n) is 4.40. The van der Waals surface area contributed by atoms with Crippen LogP contribution in [-0.2, 0) is 19.2 Å². The molecule has 2 aliphatic heterocycles. The van der Waals surface area contributed by atoms with Crippen LogP contribution in [0, 0.1) is 11.7 Å². The second kappa shape index (κ2) is 9.82. The normalized spacial score (nSPS) is 20.4. The number of carbonyl (C=O) groups excluding carboxylic acids is 3. The Hall–Kier alpha value is -3.97. The zero-order valence-corrected chi connectivity index (χ0v) is 20.4. The van der Waals surface area contributed by atoms with Crippen LogP contribution in [0.1, 0.15) is 16.4 Å². The number of aromatic nitrogens is 1. The number of imide groups is 1. The van der Waals surface area contributed by atoms with Crippen molar-refractivity contribution in [3.8, 4) is 5.75 Å². The third kappa shape index (κ3) is 4.87. The summed E-state index contributed by atoms with van der Waals surface area (Å²) in [7, 11) is 0. The van der Waals surface area contributed by atoms with Crippen LogP contribution in [-0.4, -0.2) is 57.1 Å². The van der Waals surface area contributed by atoms with E-state index in [4.69, 9.17) is 4.74 Å². The number of amides is 3. The van der Waals surface area contributed by atoms with Crippen LogP contribution >= 0.6 is 23.1 Å². The Labute approximate surface area is 216 Å². The van der Waals surface area contributed by atoms with E-state index in [0.29, 0.717) is 26.9 Å². The van der Waals surface area contributed by atoms with Crippen molar-refractivity contribution in [2.24, 2.45) is 5.92 Å². The molecule has 0 bridgehead atoms. The summed E-state index contributed by atoms with van der Waals surface area (Å²) in [4.78, 5) is 65.5. The summed E-state index contributed by atoms with van der Waals surface area (Å²) < 4.78 is 18.7. The van der Waals surface area contributed by atoms with E-state index in [2.05, 4.69) is 10.3 Å². The Morgan fingerprint density at radius 2 is 1.86 bits per heavy atom. The van der Waals surface area contributed by atoms with E-state index in [1.54, 1.807) is 24.3 Å². The number of nitrogens with zero attached hydrogens (tertiary/aromatic N) is 1. The highest BCUT2D eigenvalue weighted by Crippen LogP contribution is 2.52. The first-order valence-corrected chi connectivity index (χ1v) is 12.7. The second-order valence-electron chi connectivity index (χ2n) is 8.32. The number of carboxylic acids is 1. The first-order chi connectivity index (χ1) is 17.7. The van der Waals surface area contributed by atoms with Crippen molar-refractivity contribution >= 4 is 52.5 Å². The van der Waals surface area contributed by atoms with Gasteiger partial charge < -0.3 is 20.1 Å². The lowest BCUT2D eigenvalue weighted by molar-refractivity contribution is -0.149. The maximum Gasteiger partial charge on any atom is 0.323 e. The number of halogens is 1. The molecule has 1 saturated heterocycles. The topological polar surface area (TPSA) is 146 Å². The number of ether oxygens (including phenoxy) is 1. The number of aromatic amines is 1. The Bertz CT molecular complexity index is 1470. The molecule has 3 heterocycles. The van der Waals surface area contributed by atoms with Gasteiger partial charge in [0.25, 0.3) is 5.91 Å². The molecule has 0 spiro atoms. The van der Waals surface area contributed by atoms with Crippen molar-refractivity contribution in [2.75, 3.05) is 18.5 Å². The fourth-order valence-corrected chi connectivity index (χ4v) is 6.94. The Kier molecular flexibility index (Phi) is 6.56. The summed E-state index contributed by atoms with van der Waals surface area (Å²) in [5, 5.41) is 11.3. The van der Waals surface area contributed by atoms with E-state index in [9.17, 15) is 33.5 Å². The standard InChI is InChI=1S/C24H18FN3O7S2/c25-12-4-6-13(7-5-12)26-15(29)10-35-14-3-1-2-11(8-14)17-18-20(36-21-19(17)37-24(34)27-21)23(33)28(22(18)32)9-16(30)31/h1-8,17-18,20H,9-10H2,(H,26,29)(H,27,34)(H,30,31)/t17-,18?,20?/m1/s1. The fraction of sp³-hybridized carbons (Fsp3) is 0.208. The van der Waals surface area contributed by atoms with Crippen LogP contribution in [0.15, 0.2) is 58.4 Å². The zero-order chi connectivity index (χ0) is 26.3. The second-order valence-corrected chi connectivity index (χ2v) is 10.5. The van der Waals surface area contributed by atoms with Gasteiger partial charge in [-0.1, -0.05) is 35.2 Å². The molecular formula is C24H18FN3O7S2. The third-order valence-electron chi connectivity index (χ3n) is 5.92. The minimum atomic E-state index is -1.31. The number of fused-ring (bicyclic) bond motifs is 2. The van der Waals surface area contributed by atoms with E-state index in [0.717, 1.165) is 28.0 Å². The minimum Gasteiger partial charge on any atom is -0.484 e. The molecule has 0 aliphatic carbocycles. The summed E-state index contributed by atoms with van der Waals surface area (Å²) in [6.45, 7) is -1.09. The number of benzene rings is 2. The molecule has 3 aromatic rings. The van der Waals surface area contributed by atoms with E-state index >= 15 is 0 Å².